The van der Waals surface area contributed by atoms with E-state index in [9.17, 15) is 0 Å². The smallest absolute Gasteiger partial charge is 0.143 e. The third-order valence-electron chi connectivity index (χ3n) is 3.09. The molecule has 0 saturated carbocycles. The molecule has 0 amide bonds. The first-order valence-electron chi connectivity index (χ1n) is 6.31. The van der Waals surface area contributed by atoms with Gasteiger partial charge in [0.15, 0.2) is 0 Å². The maximum Gasteiger partial charge on any atom is 0.143 e. The van der Waals surface area contributed by atoms with E-state index in [-0.39, 0.29) is 0 Å². The summed E-state index contributed by atoms with van der Waals surface area (Å²) < 4.78 is 2.18. The minimum absolute atomic E-state index is 0.642. The topological polar surface area (TPSA) is 69.6 Å². The molecule has 3 aromatic heterocycles. The first kappa shape index (κ1) is 11.6. The third-order valence-corrected chi connectivity index (χ3v) is 3.09. The molecule has 19 heavy (non-hydrogen) atoms. The lowest BCUT2D eigenvalue weighted by atomic mass is 10.2. The van der Waals surface area contributed by atoms with Crippen LogP contribution in [0.2, 0.25) is 0 Å². The highest BCUT2D eigenvalue weighted by molar-refractivity contribution is 5.82. The molecular weight excluding hydrogens is 238 g/mol. The fourth-order valence-electron chi connectivity index (χ4n) is 2.25. The van der Waals surface area contributed by atoms with Crippen molar-refractivity contribution in [2.75, 3.05) is 5.73 Å². The second-order valence-electron chi connectivity index (χ2n) is 4.41. The molecule has 3 aromatic rings. The minimum atomic E-state index is 0.642. The van der Waals surface area contributed by atoms with Crippen LogP contribution >= 0.6 is 0 Å². The molecule has 0 aliphatic rings. The van der Waals surface area contributed by atoms with Gasteiger partial charge < -0.3 is 10.3 Å². The third kappa shape index (κ3) is 1.93. The Labute approximate surface area is 111 Å². The van der Waals surface area contributed by atoms with Crippen molar-refractivity contribution in [1.82, 2.24) is 19.5 Å². The fraction of sp³-hybridized carbons (Fsp3) is 0.214. The van der Waals surface area contributed by atoms with Crippen LogP contribution in [-0.2, 0) is 6.54 Å². The van der Waals surface area contributed by atoms with Crippen molar-refractivity contribution in [3.05, 3.63) is 36.9 Å². The summed E-state index contributed by atoms with van der Waals surface area (Å²) in [5.41, 5.74) is 9.54. The van der Waals surface area contributed by atoms with Gasteiger partial charge in [-0.25, -0.2) is 4.98 Å². The number of imidazole rings is 1. The van der Waals surface area contributed by atoms with Crippen LogP contribution in [-0.4, -0.2) is 19.5 Å². The molecule has 0 fully saturated rings. The number of nitrogens with two attached hydrogens (primary N) is 1. The largest absolute Gasteiger partial charge is 0.397 e. The minimum Gasteiger partial charge on any atom is -0.397 e. The number of anilines is 1. The quantitative estimate of drug-likeness (QED) is 0.778. The van der Waals surface area contributed by atoms with E-state index >= 15 is 0 Å². The molecule has 0 aliphatic heterocycles. The molecule has 0 aliphatic carbocycles. The van der Waals surface area contributed by atoms with Crippen molar-refractivity contribution in [2.24, 2.45) is 0 Å². The first-order chi connectivity index (χ1) is 9.31. The molecule has 96 valence electrons. The van der Waals surface area contributed by atoms with E-state index < -0.39 is 0 Å². The maximum atomic E-state index is 6.01. The van der Waals surface area contributed by atoms with Gasteiger partial charge in [0.05, 0.1) is 23.6 Å². The monoisotopic (exact) mass is 253 g/mol. The number of aromatic nitrogens is 4. The van der Waals surface area contributed by atoms with Gasteiger partial charge in [0, 0.05) is 24.5 Å². The molecule has 2 N–H and O–H groups in total. The van der Waals surface area contributed by atoms with Crippen molar-refractivity contribution in [2.45, 2.75) is 19.9 Å². The number of pyridine rings is 2. The van der Waals surface area contributed by atoms with Crippen molar-refractivity contribution in [3.63, 3.8) is 0 Å². The summed E-state index contributed by atoms with van der Waals surface area (Å²) >= 11 is 0. The Bertz CT molecular complexity index is 717. The Balaban J connectivity index is 2.28. The fourth-order valence-corrected chi connectivity index (χ4v) is 2.25. The van der Waals surface area contributed by atoms with Crippen molar-refractivity contribution in [3.8, 4) is 11.4 Å². The summed E-state index contributed by atoms with van der Waals surface area (Å²) in [4.78, 5) is 12.8. The summed E-state index contributed by atoms with van der Waals surface area (Å²) in [5, 5.41) is 0. The van der Waals surface area contributed by atoms with Crippen molar-refractivity contribution in [1.29, 1.82) is 0 Å². The second kappa shape index (κ2) is 4.68. The summed E-state index contributed by atoms with van der Waals surface area (Å²) in [7, 11) is 0. The summed E-state index contributed by atoms with van der Waals surface area (Å²) in [6.45, 7) is 3.05. The molecule has 5 heteroatoms. The lowest BCUT2D eigenvalue weighted by Crippen LogP contribution is -2.02. The Kier molecular flexibility index (Phi) is 2.87. The molecule has 3 rings (SSSR count). The molecule has 3 heterocycles. The number of rotatable bonds is 3. The number of aryl methyl sites for hydroxylation is 1. The highest BCUT2D eigenvalue weighted by atomic mass is 15.1. The van der Waals surface area contributed by atoms with Crippen molar-refractivity contribution >= 4 is 16.7 Å². The molecule has 0 aromatic carbocycles. The van der Waals surface area contributed by atoms with Crippen LogP contribution < -0.4 is 5.73 Å². The molecule has 0 unspecified atom stereocenters. The number of nitrogens with zero attached hydrogens (tertiary/aromatic N) is 4. The normalized spacial score (nSPS) is 11.0. The van der Waals surface area contributed by atoms with E-state index in [4.69, 9.17) is 5.73 Å². The van der Waals surface area contributed by atoms with Gasteiger partial charge in [-0.15, -0.1) is 0 Å². The number of fused-ring (bicyclic) bond motifs is 1. The van der Waals surface area contributed by atoms with Crippen LogP contribution in [0.1, 0.15) is 13.3 Å². The molecular formula is C14H15N5. The number of hydrogen-bond acceptors (Lipinski definition) is 4. The maximum absolute atomic E-state index is 6.01. The zero-order chi connectivity index (χ0) is 13.2. The molecule has 0 bridgehead atoms. The second-order valence-corrected chi connectivity index (χ2v) is 4.41. The van der Waals surface area contributed by atoms with Gasteiger partial charge in [0.25, 0.3) is 0 Å². The average Bonchev–Trinajstić information content (AvgIpc) is 2.79. The van der Waals surface area contributed by atoms with E-state index in [1.54, 1.807) is 24.8 Å². The highest BCUT2D eigenvalue weighted by Gasteiger charge is 2.13. The van der Waals surface area contributed by atoms with Crippen LogP contribution in [0.5, 0.6) is 0 Å². The Morgan fingerprint density at radius 3 is 2.74 bits per heavy atom. The van der Waals surface area contributed by atoms with Crippen molar-refractivity contribution < 1.29 is 0 Å². The van der Waals surface area contributed by atoms with E-state index in [0.717, 1.165) is 35.4 Å². The lowest BCUT2D eigenvalue weighted by molar-refractivity contribution is 0.704. The van der Waals surface area contributed by atoms with E-state index in [2.05, 4.69) is 26.4 Å². The van der Waals surface area contributed by atoms with Gasteiger partial charge in [0.1, 0.15) is 11.3 Å². The number of nitrogen functional groups attached to an aromatic ring is 1. The summed E-state index contributed by atoms with van der Waals surface area (Å²) in [6.07, 6.45) is 7.99. The molecule has 0 saturated heterocycles. The van der Waals surface area contributed by atoms with Gasteiger partial charge >= 0.3 is 0 Å². The van der Waals surface area contributed by atoms with Gasteiger partial charge in [-0.2, -0.15) is 0 Å². The van der Waals surface area contributed by atoms with Crippen LogP contribution in [0, 0.1) is 0 Å². The molecule has 0 radical (unpaired) electrons. The van der Waals surface area contributed by atoms with Gasteiger partial charge in [0.2, 0.25) is 0 Å². The number of hydrogen-bond donors (Lipinski definition) is 1. The zero-order valence-corrected chi connectivity index (χ0v) is 10.7. The average molecular weight is 253 g/mol. The van der Waals surface area contributed by atoms with Crippen LogP contribution in [0.25, 0.3) is 22.4 Å². The molecule has 5 nitrogen and oxygen atoms in total. The predicted molar refractivity (Wildman–Crippen MR) is 75.5 cm³/mol. The van der Waals surface area contributed by atoms with E-state index in [1.807, 2.05) is 12.1 Å². The highest BCUT2D eigenvalue weighted by Crippen LogP contribution is 2.27. The Hall–Kier alpha value is -2.43. The van der Waals surface area contributed by atoms with Crippen LogP contribution in [0.15, 0.2) is 36.9 Å². The van der Waals surface area contributed by atoms with Gasteiger partial charge in [-0.3, -0.25) is 9.97 Å². The van der Waals surface area contributed by atoms with Gasteiger partial charge in [-0.05, 0) is 18.6 Å². The molecule has 0 atom stereocenters. The van der Waals surface area contributed by atoms with Gasteiger partial charge in [-0.1, -0.05) is 6.92 Å². The molecule has 0 spiro atoms. The zero-order valence-electron chi connectivity index (χ0n) is 10.7. The van der Waals surface area contributed by atoms with Crippen LogP contribution in [0.3, 0.4) is 0 Å². The first-order valence-corrected chi connectivity index (χ1v) is 6.31. The van der Waals surface area contributed by atoms with Crippen LogP contribution in [0.4, 0.5) is 5.69 Å². The predicted octanol–water partition coefficient (Wildman–Crippen LogP) is 2.49. The SMILES string of the molecule is CCCn1c(-c2ccncc2N)nc2cnccc21. The summed E-state index contributed by atoms with van der Waals surface area (Å²) in [6, 6.07) is 3.88. The Morgan fingerprint density at radius 2 is 1.95 bits per heavy atom. The standard InChI is InChI=1S/C14H15N5/c1-2-7-19-13-4-6-17-9-12(13)18-14(19)10-3-5-16-8-11(10)15/h3-6,8-9H,2,7,15H2,1H3. The lowest BCUT2D eigenvalue weighted by Gasteiger charge is -2.09. The van der Waals surface area contributed by atoms with E-state index in [1.165, 1.54) is 0 Å². The summed E-state index contributed by atoms with van der Waals surface area (Å²) in [5.74, 6) is 0.879. The Morgan fingerprint density at radius 1 is 1.16 bits per heavy atom. The van der Waals surface area contributed by atoms with E-state index in [0.29, 0.717) is 5.69 Å².